The van der Waals surface area contributed by atoms with E-state index in [4.69, 9.17) is 0 Å². The highest BCUT2D eigenvalue weighted by molar-refractivity contribution is 9.11. The second kappa shape index (κ2) is 5.42. The average molecular weight is 366 g/mol. The molecule has 0 spiro atoms. The van der Waals surface area contributed by atoms with Gasteiger partial charge in [-0.2, -0.15) is 15.6 Å². The van der Waals surface area contributed by atoms with Crippen molar-refractivity contribution in [2.24, 2.45) is 0 Å². The molecule has 18 heavy (non-hydrogen) atoms. The van der Waals surface area contributed by atoms with Crippen molar-refractivity contribution in [2.45, 2.75) is 17.7 Å². The van der Waals surface area contributed by atoms with Gasteiger partial charge in [0.1, 0.15) is 4.21 Å². The van der Waals surface area contributed by atoms with Gasteiger partial charge in [0, 0.05) is 13.6 Å². The van der Waals surface area contributed by atoms with E-state index in [9.17, 15) is 8.42 Å². The summed E-state index contributed by atoms with van der Waals surface area (Å²) in [6.45, 7) is 2.29. The third kappa shape index (κ3) is 2.85. The highest BCUT2D eigenvalue weighted by Crippen LogP contribution is 2.32. The van der Waals surface area contributed by atoms with Crippen molar-refractivity contribution in [2.75, 3.05) is 7.05 Å². The van der Waals surface area contributed by atoms with Gasteiger partial charge in [0.05, 0.1) is 3.79 Å². The molecule has 0 saturated carbocycles. The largest absolute Gasteiger partial charge is 0.252 e. The lowest BCUT2D eigenvalue weighted by molar-refractivity contribution is 0.469. The number of nitrogens with zero attached hydrogens (tertiary/aromatic N) is 1. The molecule has 0 aliphatic heterocycles. The van der Waals surface area contributed by atoms with E-state index in [-0.39, 0.29) is 0 Å². The van der Waals surface area contributed by atoms with E-state index in [0.29, 0.717) is 10.8 Å². The van der Waals surface area contributed by atoms with Crippen LogP contribution in [0, 0.1) is 6.92 Å². The van der Waals surface area contributed by atoms with E-state index in [1.54, 1.807) is 24.5 Å². The molecular formula is C11H12BrNO2S3. The van der Waals surface area contributed by atoms with Crippen molar-refractivity contribution in [1.82, 2.24) is 4.31 Å². The summed E-state index contributed by atoms with van der Waals surface area (Å²) in [4.78, 5) is 0. The fraction of sp³-hybridized carbons (Fsp3) is 0.273. The molecular weight excluding hydrogens is 354 g/mol. The summed E-state index contributed by atoms with van der Waals surface area (Å²) in [6, 6.07) is 3.64. The van der Waals surface area contributed by atoms with Crippen molar-refractivity contribution in [3.8, 4) is 0 Å². The fourth-order valence-electron chi connectivity index (χ4n) is 1.44. The third-order valence-electron chi connectivity index (χ3n) is 2.48. The number of halogens is 1. The zero-order valence-corrected chi connectivity index (χ0v) is 13.9. The third-order valence-corrected chi connectivity index (χ3v) is 7.61. The van der Waals surface area contributed by atoms with Crippen LogP contribution in [-0.2, 0) is 16.6 Å². The molecule has 98 valence electrons. The number of sulfonamides is 1. The number of rotatable bonds is 4. The molecule has 0 amide bonds. The maximum absolute atomic E-state index is 12.3. The Morgan fingerprint density at radius 3 is 2.67 bits per heavy atom. The van der Waals surface area contributed by atoms with Crippen LogP contribution in [0.4, 0.5) is 0 Å². The first-order valence-corrected chi connectivity index (χ1v) is 9.14. The molecule has 0 aliphatic carbocycles. The topological polar surface area (TPSA) is 37.4 Å². The molecule has 7 heteroatoms. The minimum atomic E-state index is -3.39. The molecule has 0 unspecified atom stereocenters. The predicted molar refractivity (Wildman–Crippen MR) is 79.7 cm³/mol. The van der Waals surface area contributed by atoms with Crippen LogP contribution in [-0.4, -0.2) is 19.8 Å². The average Bonchev–Trinajstić information content (AvgIpc) is 2.90. The van der Waals surface area contributed by atoms with Crippen LogP contribution >= 0.6 is 38.6 Å². The van der Waals surface area contributed by atoms with Crippen LogP contribution in [0.5, 0.6) is 0 Å². The summed E-state index contributed by atoms with van der Waals surface area (Å²) in [7, 11) is -1.78. The molecule has 0 N–H and O–H groups in total. The van der Waals surface area contributed by atoms with Gasteiger partial charge in [-0.3, -0.25) is 0 Å². The zero-order valence-electron chi connectivity index (χ0n) is 9.88. The maximum Gasteiger partial charge on any atom is 0.252 e. The molecule has 0 atom stereocenters. The minimum Gasteiger partial charge on any atom is -0.206 e. The van der Waals surface area contributed by atoms with Gasteiger partial charge in [-0.25, -0.2) is 8.42 Å². The van der Waals surface area contributed by atoms with Gasteiger partial charge >= 0.3 is 0 Å². The van der Waals surface area contributed by atoms with Crippen molar-refractivity contribution in [3.05, 3.63) is 37.8 Å². The Bertz CT molecular complexity index is 612. The van der Waals surface area contributed by atoms with Crippen LogP contribution < -0.4 is 0 Å². The van der Waals surface area contributed by atoms with Crippen LogP contribution in [0.1, 0.15) is 11.1 Å². The summed E-state index contributed by atoms with van der Waals surface area (Å²) in [5, 5.41) is 3.91. The zero-order chi connectivity index (χ0) is 13.3. The SMILES string of the molecule is Cc1cc(S(=O)(=O)N(C)Cc2ccsc2)sc1Br. The van der Waals surface area contributed by atoms with E-state index in [0.717, 1.165) is 14.9 Å². The maximum atomic E-state index is 12.3. The molecule has 3 nitrogen and oxygen atoms in total. The van der Waals surface area contributed by atoms with E-state index in [1.165, 1.54) is 15.6 Å². The Balaban J connectivity index is 2.25. The van der Waals surface area contributed by atoms with Gasteiger partial charge in [-0.15, -0.1) is 11.3 Å². The van der Waals surface area contributed by atoms with Gasteiger partial charge in [0.2, 0.25) is 0 Å². The van der Waals surface area contributed by atoms with Crippen LogP contribution in [0.2, 0.25) is 0 Å². The quantitative estimate of drug-likeness (QED) is 0.828. The van der Waals surface area contributed by atoms with Crippen molar-refractivity contribution in [1.29, 1.82) is 0 Å². The van der Waals surface area contributed by atoms with Gasteiger partial charge < -0.3 is 0 Å². The molecule has 2 heterocycles. The molecule has 0 aliphatic rings. The van der Waals surface area contributed by atoms with E-state index in [2.05, 4.69) is 15.9 Å². The van der Waals surface area contributed by atoms with Crippen LogP contribution in [0.25, 0.3) is 0 Å². The Labute approximate surface area is 123 Å². The lowest BCUT2D eigenvalue weighted by atomic mass is 10.3. The summed E-state index contributed by atoms with van der Waals surface area (Å²) in [5.74, 6) is 0. The van der Waals surface area contributed by atoms with Gasteiger partial charge in [0.25, 0.3) is 10.0 Å². The second-order valence-corrected chi connectivity index (χ2v) is 9.34. The molecule has 2 aromatic heterocycles. The molecule has 0 aromatic carbocycles. The standard InChI is InChI=1S/C11H12BrNO2S3/c1-8-5-10(17-11(8)12)18(14,15)13(2)6-9-3-4-16-7-9/h3-5,7H,6H2,1-2H3. The number of aryl methyl sites for hydroxylation is 1. The Morgan fingerprint density at radius 2 is 2.17 bits per heavy atom. The molecule has 0 bridgehead atoms. The predicted octanol–water partition coefficient (Wildman–Crippen LogP) is 3.70. The molecule has 0 fully saturated rings. The van der Waals surface area contributed by atoms with Crippen molar-refractivity contribution in [3.63, 3.8) is 0 Å². The smallest absolute Gasteiger partial charge is 0.206 e. The first kappa shape index (κ1) is 14.2. The first-order valence-electron chi connectivity index (χ1n) is 5.14. The Morgan fingerprint density at radius 1 is 1.44 bits per heavy atom. The Kier molecular flexibility index (Phi) is 4.28. The normalized spacial score (nSPS) is 12.2. The number of hydrogen-bond donors (Lipinski definition) is 0. The van der Waals surface area contributed by atoms with Gasteiger partial charge in [-0.05, 0) is 56.9 Å². The monoisotopic (exact) mass is 365 g/mol. The highest BCUT2D eigenvalue weighted by atomic mass is 79.9. The summed E-state index contributed by atoms with van der Waals surface area (Å²) >= 11 is 6.18. The number of thiophene rings is 2. The molecule has 2 rings (SSSR count). The summed E-state index contributed by atoms with van der Waals surface area (Å²) in [5.41, 5.74) is 1.96. The van der Waals surface area contributed by atoms with E-state index >= 15 is 0 Å². The number of hydrogen-bond acceptors (Lipinski definition) is 4. The fourth-order valence-corrected chi connectivity index (χ4v) is 5.69. The van der Waals surface area contributed by atoms with Crippen molar-refractivity contribution < 1.29 is 8.42 Å². The minimum absolute atomic E-state index is 0.379. The first-order chi connectivity index (χ1) is 8.41. The van der Waals surface area contributed by atoms with Gasteiger partial charge in [-0.1, -0.05) is 0 Å². The highest BCUT2D eigenvalue weighted by Gasteiger charge is 2.23. The lowest BCUT2D eigenvalue weighted by Crippen LogP contribution is -2.25. The Hall–Kier alpha value is -0.210. The summed E-state index contributed by atoms with van der Waals surface area (Å²) in [6.07, 6.45) is 0. The van der Waals surface area contributed by atoms with Crippen molar-refractivity contribution >= 4 is 48.6 Å². The van der Waals surface area contributed by atoms with E-state index < -0.39 is 10.0 Å². The van der Waals surface area contributed by atoms with E-state index in [1.807, 2.05) is 23.8 Å². The van der Waals surface area contributed by atoms with Crippen LogP contribution in [0.3, 0.4) is 0 Å². The summed E-state index contributed by atoms with van der Waals surface area (Å²) < 4.78 is 27.3. The lowest BCUT2D eigenvalue weighted by Gasteiger charge is -2.14. The molecule has 2 aromatic rings. The molecule has 0 radical (unpaired) electrons. The molecule has 0 saturated heterocycles. The van der Waals surface area contributed by atoms with Crippen LogP contribution in [0.15, 0.2) is 30.9 Å². The van der Waals surface area contributed by atoms with Gasteiger partial charge in [0.15, 0.2) is 0 Å². The second-order valence-electron chi connectivity index (χ2n) is 3.91.